The van der Waals surface area contributed by atoms with Gasteiger partial charge in [-0.25, -0.2) is 0 Å². The first-order valence-electron chi connectivity index (χ1n) is 5.02. The average molecular weight is 228 g/mol. The first kappa shape index (κ1) is 10.5. The van der Waals surface area contributed by atoms with Crippen LogP contribution in [0.4, 0.5) is 0 Å². The molecule has 0 atom stereocenters. The average Bonchev–Trinajstić information content (AvgIpc) is 2.90. The van der Waals surface area contributed by atoms with Gasteiger partial charge in [-0.2, -0.15) is 5.10 Å². The minimum absolute atomic E-state index is 0.0903. The van der Waals surface area contributed by atoms with Gasteiger partial charge in [0, 0.05) is 26.8 Å². The molecule has 1 amide bonds. The summed E-state index contributed by atoms with van der Waals surface area (Å²) in [6.07, 6.45) is 4.10. The summed E-state index contributed by atoms with van der Waals surface area (Å²) in [6.45, 7) is 0.811. The van der Waals surface area contributed by atoms with Crippen molar-refractivity contribution in [3.8, 4) is 0 Å². The van der Waals surface area contributed by atoms with E-state index in [1.165, 1.54) is 12.8 Å². The van der Waals surface area contributed by atoms with Crippen LogP contribution < -0.4 is 0 Å². The van der Waals surface area contributed by atoms with Crippen molar-refractivity contribution in [2.24, 2.45) is 13.0 Å². The zero-order valence-corrected chi connectivity index (χ0v) is 9.66. The number of halogens is 1. The molecule has 0 N–H and O–H groups in total. The highest BCUT2D eigenvalue weighted by Gasteiger charge is 2.27. The van der Waals surface area contributed by atoms with Gasteiger partial charge in [0.1, 0.15) is 0 Å². The first-order chi connectivity index (χ1) is 7.08. The van der Waals surface area contributed by atoms with Crippen LogP contribution >= 0.6 is 11.6 Å². The number of hydrogen-bond donors (Lipinski definition) is 0. The van der Waals surface area contributed by atoms with Gasteiger partial charge in [0.25, 0.3) is 5.91 Å². The second kappa shape index (κ2) is 3.85. The molecule has 0 aromatic carbocycles. The molecule has 0 bridgehead atoms. The van der Waals surface area contributed by atoms with Crippen LogP contribution in [0.1, 0.15) is 23.3 Å². The number of carbonyl (C=O) groups is 1. The van der Waals surface area contributed by atoms with Gasteiger partial charge in [0.05, 0.1) is 5.02 Å². The summed E-state index contributed by atoms with van der Waals surface area (Å²) >= 11 is 5.91. The van der Waals surface area contributed by atoms with E-state index >= 15 is 0 Å². The van der Waals surface area contributed by atoms with Crippen LogP contribution in [-0.2, 0) is 7.05 Å². The summed E-state index contributed by atoms with van der Waals surface area (Å²) in [5.41, 5.74) is 0.349. The molecule has 0 radical (unpaired) electrons. The van der Waals surface area contributed by atoms with E-state index in [-0.39, 0.29) is 5.91 Å². The molecule has 1 fully saturated rings. The molecule has 0 aliphatic heterocycles. The smallest absolute Gasteiger partial charge is 0.275 e. The quantitative estimate of drug-likeness (QED) is 0.786. The summed E-state index contributed by atoms with van der Waals surface area (Å²) in [7, 11) is 3.55. The lowest BCUT2D eigenvalue weighted by Crippen LogP contribution is -2.29. The number of carbonyl (C=O) groups excluding carboxylic acids is 1. The molecule has 0 saturated heterocycles. The van der Waals surface area contributed by atoms with Crippen LogP contribution in [0.15, 0.2) is 6.20 Å². The fourth-order valence-electron chi connectivity index (χ4n) is 1.56. The molecule has 0 unspecified atom stereocenters. The van der Waals surface area contributed by atoms with Crippen LogP contribution in [0, 0.1) is 5.92 Å². The van der Waals surface area contributed by atoms with Crippen LogP contribution in [0.3, 0.4) is 0 Å². The number of aromatic nitrogens is 2. The first-order valence-corrected chi connectivity index (χ1v) is 5.40. The van der Waals surface area contributed by atoms with E-state index in [0.717, 1.165) is 6.54 Å². The Morgan fingerprint density at radius 3 is 2.87 bits per heavy atom. The normalized spacial score (nSPS) is 15.4. The number of amides is 1. The van der Waals surface area contributed by atoms with Gasteiger partial charge in [-0.15, -0.1) is 0 Å². The van der Waals surface area contributed by atoms with Crippen molar-refractivity contribution in [1.29, 1.82) is 0 Å². The highest BCUT2D eigenvalue weighted by atomic mass is 35.5. The van der Waals surface area contributed by atoms with Gasteiger partial charge in [-0.1, -0.05) is 11.6 Å². The maximum Gasteiger partial charge on any atom is 0.275 e. The van der Waals surface area contributed by atoms with Crippen molar-refractivity contribution < 1.29 is 4.79 Å². The standard InChI is InChI=1S/C10H14ClN3O/c1-13(5-7-3-4-7)10(15)9-8(11)6-14(2)12-9/h6-7H,3-5H2,1-2H3. The van der Waals surface area contributed by atoms with Gasteiger partial charge in [-0.05, 0) is 18.8 Å². The van der Waals surface area contributed by atoms with Crippen LogP contribution in [0.2, 0.25) is 5.02 Å². The maximum atomic E-state index is 11.9. The predicted molar refractivity (Wildman–Crippen MR) is 57.9 cm³/mol. The molecule has 0 spiro atoms. The lowest BCUT2D eigenvalue weighted by atomic mass is 10.3. The molecule has 1 aliphatic rings. The third-order valence-corrected chi connectivity index (χ3v) is 2.84. The molecule has 2 rings (SSSR count). The van der Waals surface area contributed by atoms with E-state index in [0.29, 0.717) is 16.6 Å². The van der Waals surface area contributed by atoms with E-state index in [9.17, 15) is 4.79 Å². The summed E-state index contributed by atoms with van der Waals surface area (Å²) in [6, 6.07) is 0. The van der Waals surface area contributed by atoms with Gasteiger partial charge < -0.3 is 4.90 Å². The molecule has 5 heteroatoms. The summed E-state index contributed by atoms with van der Waals surface area (Å²) in [5.74, 6) is 0.592. The highest BCUT2D eigenvalue weighted by Crippen LogP contribution is 2.29. The highest BCUT2D eigenvalue weighted by molar-refractivity contribution is 6.33. The van der Waals surface area contributed by atoms with Gasteiger partial charge in [-0.3, -0.25) is 9.48 Å². The Hall–Kier alpha value is -1.03. The van der Waals surface area contributed by atoms with Crippen molar-refractivity contribution in [1.82, 2.24) is 14.7 Å². The molecule has 4 nitrogen and oxygen atoms in total. The van der Waals surface area contributed by atoms with Crippen molar-refractivity contribution in [3.05, 3.63) is 16.9 Å². The SMILES string of the molecule is CN(CC1CC1)C(=O)c1nn(C)cc1Cl. The Labute approximate surface area is 93.8 Å². The molecule has 1 heterocycles. The molecule has 1 saturated carbocycles. The molecule has 1 aromatic rings. The minimum Gasteiger partial charge on any atom is -0.340 e. The topological polar surface area (TPSA) is 38.1 Å². The third-order valence-electron chi connectivity index (χ3n) is 2.56. The fourth-order valence-corrected chi connectivity index (χ4v) is 1.82. The van der Waals surface area contributed by atoms with Crippen LogP contribution in [0.5, 0.6) is 0 Å². The number of nitrogens with zero attached hydrogens (tertiary/aromatic N) is 3. The third kappa shape index (κ3) is 2.31. The Morgan fingerprint density at radius 1 is 1.73 bits per heavy atom. The minimum atomic E-state index is -0.0903. The lowest BCUT2D eigenvalue weighted by Gasteiger charge is -2.15. The molecule has 82 valence electrons. The summed E-state index contributed by atoms with van der Waals surface area (Å²) < 4.78 is 1.56. The van der Waals surface area contributed by atoms with Gasteiger partial charge >= 0.3 is 0 Å². The van der Waals surface area contributed by atoms with Crippen LogP contribution in [-0.4, -0.2) is 34.2 Å². The Bertz CT molecular complexity index is 384. The molecule has 15 heavy (non-hydrogen) atoms. The van der Waals surface area contributed by atoms with Gasteiger partial charge in [0.15, 0.2) is 5.69 Å². The van der Waals surface area contributed by atoms with E-state index < -0.39 is 0 Å². The molecule has 1 aliphatic carbocycles. The van der Waals surface area contributed by atoms with E-state index in [1.807, 2.05) is 0 Å². The molecule has 1 aromatic heterocycles. The predicted octanol–water partition coefficient (Wildman–Crippen LogP) is 1.56. The van der Waals surface area contributed by atoms with Crippen molar-refractivity contribution in [2.45, 2.75) is 12.8 Å². The number of aryl methyl sites for hydroxylation is 1. The lowest BCUT2D eigenvalue weighted by molar-refractivity contribution is 0.0782. The van der Waals surface area contributed by atoms with Crippen molar-refractivity contribution in [2.75, 3.05) is 13.6 Å². The second-order valence-electron chi connectivity index (χ2n) is 4.13. The summed E-state index contributed by atoms with van der Waals surface area (Å²) in [4.78, 5) is 13.6. The van der Waals surface area contributed by atoms with Crippen LogP contribution in [0.25, 0.3) is 0 Å². The Morgan fingerprint density at radius 2 is 2.40 bits per heavy atom. The van der Waals surface area contributed by atoms with E-state index in [1.54, 1.807) is 29.9 Å². The molecular formula is C10H14ClN3O. The zero-order chi connectivity index (χ0) is 11.0. The summed E-state index contributed by atoms with van der Waals surface area (Å²) in [5, 5.41) is 4.47. The fraction of sp³-hybridized carbons (Fsp3) is 0.600. The monoisotopic (exact) mass is 227 g/mol. The number of hydrogen-bond acceptors (Lipinski definition) is 2. The van der Waals surface area contributed by atoms with E-state index in [2.05, 4.69) is 5.10 Å². The van der Waals surface area contributed by atoms with Crippen molar-refractivity contribution >= 4 is 17.5 Å². The van der Waals surface area contributed by atoms with Crippen molar-refractivity contribution in [3.63, 3.8) is 0 Å². The number of rotatable bonds is 3. The largest absolute Gasteiger partial charge is 0.340 e. The van der Waals surface area contributed by atoms with E-state index in [4.69, 9.17) is 11.6 Å². The zero-order valence-electron chi connectivity index (χ0n) is 8.90. The maximum absolute atomic E-state index is 11.9. The second-order valence-corrected chi connectivity index (χ2v) is 4.54. The van der Waals surface area contributed by atoms with Gasteiger partial charge in [0.2, 0.25) is 0 Å². The Balaban J connectivity index is 2.08. The molecular weight excluding hydrogens is 214 g/mol. The Kier molecular flexibility index (Phi) is 2.69.